The highest BCUT2D eigenvalue weighted by atomic mass is 79.9. The molecule has 1 atom stereocenters. The molecule has 1 aromatic heterocycles. The Morgan fingerprint density at radius 2 is 1.53 bits per heavy atom. The first-order valence-corrected chi connectivity index (χ1v) is 24.7. The fraction of sp³-hybridized carbons (Fsp3) is 0.523. The number of hydrogen-bond donors (Lipinski definition) is 4. The number of para-hydroxylation sites is 1. The molecule has 5 amide bonds. The molecule has 4 N–H and O–H groups in total. The quantitative estimate of drug-likeness (QED) is 0.0745. The molecule has 0 aliphatic carbocycles. The van der Waals surface area contributed by atoms with Crippen molar-refractivity contribution in [1.29, 1.82) is 0 Å². The average Bonchev–Trinajstić information content (AvgIpc) is 3.56. The summed E-state index contributed by atoms with van der Waals surface area (Å²) in [5.74, 6) is -1.42. The summed E-state index contributed by atoms with van der Waals surface area (Å²) < 4.78 is 50.5. The van der Waals surface area contributed by atoms with Gasteiger partial charge in [-0.15, -0.1) is 0 Å². The Morgan fingerprint density at radius 1 is 0.818 bits per heavy atom. The van der Waals surface area contributed by atoms with Gasteiger partial charge in [-0.1, -0.05) is 24.3 Å². The summed E-state index contributed by atoms with van der Waals surface area (Å²) in [5.41, 5.74) is 3.27. The molecule has 2 fully saturated rings. The number of aromatic nitrogens is 2. The summed E-state index contributed by atoms with van der Waals surface area (Å²) in [6, 6.07) is 12.2. The number of ether oxygens (including phenoxy) is 4. The number of benzene rings is 2. The van der Waals surface area contributed by atoms with Crippen LogP contribution in [-0.2, 0) is 49.8 Å². The van der Waals surface area contributed by atoms with Crippen LogP contribution in [0.15, 0.2) is 53.1 Å². The molecule has 66 heavy (non-hydrogen) atoms. The highest BCUT2D eigenvalue weighted by Gasteiger charge is 2.45. The van der Waals surface area contributed by atoms with Crippen LogP contribution in [0.4, 0.5) is 23.1 Å². The third-order valence-corrected chi connectivity index (χ3v) is 14.0. The second kappa shape index (κ2) is 23.6. The Morgan fingerprint density at radius 3 is 2.27 bits per heavy atom. The third kappa shape index (κ3) is 12.7. The Hall–Kier alpha value is -5.10. The van der Waals surface area contributed by atoms with Gasteiger partial charge in [0.2, 0.25) is 33.7 Å². The highest BCUT2D eigenvalue weighted by molar-refractivity contribution is 9.10. The largest absolute Gasteiger partial charge is 0.382 e. The number of nitrogens with one attached hydrogen (secondary N) is 4. The molecule has 0 spiro atoms. The molecule has 5 heterocycles. The van der Waals surface area contributed by atoms with Crippen molar-refractivity contribution < 1.29 is 51.3 Å². The van der Waals surface area contributed by atoms with Gasteiger partial charge in [0, 0.05) is 69.2 Å². The van der Waals surface area contributed by atoms with Crippen LogP contribution in [0.3, 0.4) is 0 Å². The maximum Gasteiger partial charge on any atom is 0.264 e. The summed E-state index contributed by atoms with van der Waals surface area (Å²) in [6.07, 6.45) is 5.24. The minimum Gasteiger partial charge on any atom is -0.382 e. The summed E-state index contributed by atoms with van der Waals surface area (Å²) in [5, 5.41) is 11.4. The Bertz CT molecular complexity index is 2330. The second-order valence-corrected chi connectivity index (χ2v) is 19.0. The van der Waals surface area contributed by atoms with E-state index in [4.69, 9.17) is 23.9 Å². The van der Waals surface area contributed by atoms with Crippen LogP contribution in [0.2, 0.25) is 0 Å². The molecule has 22 heteroatoms. The number of carbonyl (C=O) groups is 5. The van der Waals surface area contributed by atoms with Gasteiger partial charge in [-0.3, -0.25) is 34.2 Å². The van der Waals surface area contributed by atoms with Gasteiger partial charge in [0.15, 0.2) is 5.82 Å². The summed E-state index contributed by atoms with van der Waals surface area (Å²) in [6.45, 7) is 4.33. The van der Waals surface area contributed by atoms with E-state index in [2.05, 4.69) is 65.3 Å². The van der Waals surface area contributed by atoms with E-state index in [1.54, 1.807) is 18.3 Å². The van der Waals surface area contributed by atoms with Crippen LogP contribution in [0, 0.1) is 0 Å². The van der Waals surface area contributed by atoms with E-state index in [1.807, 2.05) is 6.07 Å². The first kappa shape index (κ1) is 48.8. The fourth-order valence-corrected chi connectivity index (χ4v) is 10.0. The molecular formula is C44H56BrN9O11S. The van der Waals surface area contributed by atoms with Gasteiger partial charge in [-0.05, 0) is 71.8 Å². The number of fused-ring (bicyclic) bond motifs is 2. The number of rotatable bonds is 24. The molecule has 2 saturated heterocycles. The van der Waals surface area contributed by atoms with E-state index in [0.29, 0.717) is 83.8 Å². The lowest BCUT2D eigenvalue weighted by molar-refractivity contribution is -0.136. The van der Waals surface area contributed by atoms with Gasteiger partial charge in [0.1, 0.15) is 6.04 Å². The van der Waals surface area contributed by atoms with Crippen molar-refractivity contribution in [2.24, 2.45) is 0 Å². The molecular weight excluding hydrogens is 943 g/mol. The van der Waals surface area contributed by atoms with Gasteiger partial charge in [0.05, 0.1) is 74.2 Å². The maximum absolute atomic E-state index is 13.2. The van der Waals surface area contributed by atoms with Crippen molar-refractivity contribution in [1.82, 2.24) is 29.8 Å². The second-order valence-electron chi connectivity index (χ2n) is 16.0. The molecule has 2 aromatic carbocycles. The highest BCUT2D eigenvalue weighted by Crippen LogP contribution is 2.37. The Kier molecular flexibility index (Phi) is 17.4. The maximum atomic E-state index is 13.2. The normalized spacial score (nSPS) is 18.0. The number of imide groups is 2. The van der Waals surface area contributed by atoms with Crippen LogP contribution in [0.5, 0.6) is 0 Å². The van der Waals surface area contributed by atoms with E-state index in [0.717, 1.165) is 40.3 Å². The minimum atomic E-state index is -3.56. The van der Waals surface area contributed by atoms with Gasteiger partial charge in [-0.25, -0.2) is 17.7 Å². The smallest absolute Gasteiger partial charge is 0.264 e. The lowest BCUT2D eigenvalue weighted by atomic mass is 10.0. The standard InChI is InChI=1S/C44H56BrN9O11S/c45-33-29-48-44(51-40(33)53-17-4-6-30-5-1-2-9-35(30)53)49-31-12-18-52(19-13-31)66(60,61)28-16-47-37(55)14-20-62-22-24-64-26-27-65-25-23-63-21-15-46-34-8-3-7-32-39(34)43(59)54(42(32)58)36-10-11-38(56)50-41(36)57/h1-3,5,7-9,29,31,36,46H,4,6,10-28H2,(H,47,55)(H,48,49,51)(H,50,56,57). The fourth-order valence-electron chi connectivity index (χ4n) is 8.22. The monoisotopic (exact) mass is 997 g/mol. The number of anilines is 4. The minimum absolute atomic E-state index is 0.00873. The first-order chi connectivity index (χ1) is 32.0. The van der Waals surface area contributed by atoms with Gasteiger partial charge in [-0.2, -0.15) is 4.98 Å². The van der Waals surface area contributed by atoms with E-state index in [9.17, 15) is 32.4 Å². The Balaban J connectivity index is 0.672. The summed E-state index contributed by atoms with van der Waals surface area (Å²) >= 11 is 3.63. The summed E-state index contributed by atoms with van der Waals surface area (Å²) in [7, 11) is -3.56. The van der Waals surface area contributed by atoms with Crippen LogP contribution < -0.4 is 26.2 Å². The molecule has 0 bridgehead atoms. The van der Waals surface area contributed by atoms with Crippen LogP contribution in [-0.4, -0.2) is 161 Å². The molecule has 0 saturated carbocycles. The van der Waals surface area contributed by atoms with E-state index >= 15 is 0 Å². The number of aryl methyl sites for hydroxylation is 1. The molecule has 4 aliphatic rings. The predicted molar refractivity (Wildman–Crippen MR) is 246 cm³/mol. The molecule has 20 nitrogen and oxygen atoms in total. The molecule has 4 aliphatic heterocycles. The van der Waals surface area contributed by atoms with E-state index in [-0.39, 0.29) is 67.8 Å². The first-order valence-electron chi connectivity index (χ1n) is 22.3. The topological polar surface area (TPSA) is 240 Å². The van der Waals surface area contributed by atoms with Crippen molar-refractivity contribution in [3.8, 4) is 0 Å². The molecule has 3 aromatic rings. The van der Waals surface area contributed by atoms with Crippen molar-refractivity contribution in [2.45, 2.75) is 57.0 Å². The van der Waals surface area contributed by atoms with Crippen LogP contribution in [0.1, 0.15) is 64.8 Å². The van der Waals surface area contributed by atoms with Crippen molar-refractivity contribution in [3.63, 3.8) is 0 Å². The number of amides is 5. The van der Waals surface area contributed by atoms with Gasteiger partial charge in [0.25, 0.3) is 11.8 Å². The number of sulfonamides is 1. The number of hydrogen-bond acceptors (Lipinski definition) is 16. The van der Waals surface area contributed by atoms with Crippen LogP contribution in [0.25, 0.3) is 0 Å². The number of carbonyl (C=O) groups excluding carboxylic acids is 5. The van der Waals surface area contributed by atoms with Crippen molar-refractivity contribution in [3.05, 3.63) is 69.8 Å². The molecule has 0 radical (unpaired) electrons. The SMILES string of the molecule is O=C(CCOCCOCCOCCOCCNc1cccc2c1C(=O)N(C1CCC(=O)NC1=O)C2=O)NCCS(=O)(=O)N1CCC(Nc2ncc(Br)c(N3CCCc4ccccc43)n2)CC1. The zero-order valence-electron chi connectivity index (χ0n) is 36.6. The van der Waals surface area contributed by atoms with E-state index in [1.165, 1.54) is 15.9 Å². The predicted octanol–water partition coefficient (Wildman–Crippen LogP) is 2.62. The molecule has 356 valence electrons. The number of nitrogens with zero attached hydrogens (tertiary/aromatic N) is 5. The average molecular weight is 999 g/mol. The lowest BCUT2D eigenvalue weighted by Crippen LogP contribution is -2.54. The molecule has 7 rings (SSSR count). The number of halogens is 1. The van der Waals surface area contributed by atoms with Crippen molar-refractivity contribution >= 4 is 78.6 Å². The zero-order chi connectivity index (χ0) is 46.5. The zero-order valence-corrected chi connectivity index (χ0v) is 39.0. The van der Waals surface area contributed by atoms with E-state index < -0.39 is 39.7 Å². The molecule has 1 unspecified atom stereocenters. The van der Waals surface area contributed by atoms with Crippen LogP contribution >= 0.6 is 15.9 Å². The van der Waals surface area contributed by atoms with Gasteiger partial charge < -0.3 is 39.8 Å². The summed E-state index contributed by atoms with van der Waals surface area (Å²) in [4.78, 5) is 74.9. The Labute approximate surface area is 392 Å². The lowest BCUT2D eigenvalue weighted by Gasteiger charge is -2.33. The van der Waals surface area contributed by atoms with Gasteiger partial charge >= 0.3 is 0 Å². The number of piperidine rings is 2. The van der Waals surface area contributed by atoms with Crippen molar-refractivity contribution in [2.75, 3.05) is 107 Å². The third-order valence-electron chi connectivity index (χ3n) is 11.6.